The number of halogens is 1. The lowest BCUT2D eigenvalue weighted by Gasteiger charge is -2.28. The van der Waals surface area contributed by atoms with Gasteiger partial charge in [-0.1, -0.05) is 31.5 Å². The number of hydrogen-bond donors (Lipinski definition) is 1. The summed E-state index contributed by atoms with van der Waals surface area (Å²) in [5, 5.41) is 12.8. The molecule has 3 aromatic heterocycles. The van der Waals surface area contributed by atoms with Crippen LogP contribution in [0.15, 0.2) is 24.5 Å². The standard InChI is InChI=1S/C23H30ClN7O/c1-15(2)12-31-20-7-9-30(13-18-16(3)27-29(4)22(18)24)14-19(20)21(28-31)23(32)26-11-17-6-5-8-25-10-17/h5-6,8,10,15H,7,9,11-14H2,1-4H3,(H,26,32). The second-order valence-electron chi connectivity index (χ2n) is 8.83. The maximum absolute atomic E-state index is 13.1. The van der Waals surface area contributed by atoms with E-state index in [4.69, 9.17) is 16.7 Å². The second-order valence-corrected chi connectivity index (χ2v) is 9.19. The summed E-state index contributed by atoms with van der Waals surface area (Å²) in [6.07, 6.45) is 4.33. The summed E-state index contributed by atoms with van der Waals surface area (Å²) in [7, 11) is 1.85. The maximum atomic E-state index is 13.1. The van der Waals surface area contributed by atoms with Crippen molar-refractivity contribution >= 4 is 17.5 Å². The molecule has 0 unspecified atom stereocenters. The molecule has 1 N–H and O–H groups in total. The summed E-state index contributed by atoms with van der Waals surface area (Å²) >= 11 is 6.46. The topological polar surface area (TPSA) is 80.9 Å². The highest BCUT2D eigenvalue weighted by molar-refractivity contribution is 6.30. The smallest absolute Gasteiger partial charge is 0.272 e. The van der Waals surface area contributed by atoms with Crippen molar-refractivity contribution in [2.45, 2.75) is 53.4 Å². The number of pyridine rings is 1. The van der Waals surface area contributed by atoms with Crippen LogP contribution in [0.1, 0.15) is 52.4 Å². The van der Waals surface area contributed by atoms with Gasteiger partial charge in [0.25, 0.3) is 5.91 Å². The van der Waals surface area contributed by atoms with Gasteiger partial charge in [-0.25, -0.2) is 0 Å². The lowest BCUT2D eigenvalue weighted by molar-refractivity contribution is 0.0942. The Kier molecular flexibility index (Phi) is 6.62. The Morgan fingerprint density at radius 3 is 2.78 bits per heavy atom. The van der Waals surface area contributed by atoms with Crippen molar-refractivity contribution in [2.75, 3.05) is 6.54 Å². The molecule has 0 aromatic carbocycles. The summed E-state index contributed by atoms with van der Waals surface area (Å²) in [5.41, 5.74) is 5.62. The van der Waals surface area contributed by atoms with Gasteiger partial charge >= 0.3 is 0 Å². The molecule has 0 fully saturated rings. The fourth-order valence-corrected chi connectivity index (χ4v) is 4.44. The number of rotatable bonds is 7. The van der Waals surface area contributed by atoms with E-state index < -0.39 is 0 Å². The van der Waals surface area contributed by atoms with Crippen molar-refractivity contribution in [1.29, 1.82) is 0 Å². The highest BCUT2D eigenvalue weighted by Gasteiger charge is 2.29. The molecule has 32 heavy (non-hydrogen) atoms. The van der Waals surface area contributed by atoms with Crippen LogP contribution in [0.25, 0.3) is 0 Å². The third-order valence-corrected chi connectivity index (χ3v) is 6.27. The monoisotopic (exact) mass is 455 g/mol. The highest BCUT2D eigenvalue weighted by atomic mass is 35.5. The molecule has 170 valence electrons. The highest BCUT2D eigenvalue weighted by Crippen LogP contribution is 2.27. The molecule has 0 saturated heterocycles. The lowest BCUT2D eigenvalue weighted by Crippen LogP contribution is -2.32. The summed E-state index contributed by atoms with van der Waals surface area (Å²) in [4.78, 5) is 19.5. The quantitative estimate of drug-likeness (QED) is 0.592. The van der Waals surface area contributed by atoms with Gasteiger partial charge in [0.1, 0.15) is 5.15 Å². The number of aryl methyl sites for hydroxylation is 2. The molecule has 1 amide bonds. The molecule has 0 atom stereocenters. The first kappa shape index (κ1) is 22.5. The van der Waals surface area contributed by atoms with Crippen LogP contribution >= 0.6 is 11.6 Å². The fraction of sp³-hybridized carbons (Fsp3) is 0.478. The first-order valence-electron chi connectivity index (χ1n) is 11.0. The number of amides is 1. The van der Waals surface area contributed by atoms with Gasteiger partial charge in [0.2, 0.25) is 0 Å². The molecule has 4 heterocycles. The van der Waals surface area contributed by atoms with E-state index in [0.717, 1.165) is 47.6 Å². The van der Waals surface area contributed by atoms with Gasteiger partial charge in [0.05, 0.1) is 5.69 Å². The van der Waals surface area contributed by atoms with Crippen LogP contribution in [0.5, 0.6) is 0 Å². The SMILES string of the molecule is Cc1nn(C)c(Cl)c1CN1CCc2c(c(C(=O)NCc3cccnc3)nn2CC(C)C)C1. The lowest BCUT2D eigenvalue weighted by atomic mass is 10.0. The van der Waals surface area contributed by atoms with Crippen molar-refractivity contribution in [3.8, 4) is 0 Å². The normalized spacial score (nSPS) is 14.1. The third kappa shape index (κ3) is 4.71. The Hall–Kier alpha value is -2.71. The van der Waals surface area contributed by atoms with Crippen molar-refractivity contribution in [3.05, 3.63) is 63.5 Å². The van der Waals surface area contributed by atoms with E-state index in [2.05, 4.69) is 34.1 Å². The van der Waals surface area contributed by atoms with Gasteiger partial charge in [-0.2, -0.15) is 10.2 Å². The van der Waals surface area contributed by atoms with E-state index >= 15 is 0 Å². The average Bonchev–Trinajstić information content (AvgIpc) is 3.24. The average molecular weight is 456 g/mol. The molecule has 1 aliphatic heterocycles. The second kappa shape index (κ2) is 9.42. The predicted octanol–water partition coefficient (Wildman–Crippen LogP) is 3.12. The summed E-state index contributed by atoms with van der Waals surface area (Å²) in [6.45, 7) is 9.78. The minimum absolute atomic E-state index is 0.148. The number of carbonyl (C=O) groups is 1. The van der Waals surface area contributed by atoms with Crippen LogP contribution in [-0.4, -0.2) is 41.9 Å². The van der Waals surface area contributed by atoms with Crippen molar-refractivity contribution < 1.29 is 4.79 Å². The van der Waals surface area contributed by atoms with Gasteiger partial charge in [0.15, 0.2) is 5.69 Å². The number of fused-ring (bicyclic) bond motifs is 1. The Morgan fingerprint density at radius 1 is 1.31 bits per heavy atom. The number of carbonyl (C=O) groups excluding carboxylic acids is 1. The van der Waals surface area contributed by atoms with Gasteiger partial charge in [-0.05, 0) is 24.5 Å². The summed E-state index contributed by atoms with van der Waals surface area (Å²) in [5.74, 6) is 0.297. The first-order chi connectivity index (χ1) is 15.3. The molecular weight excluding hydrogens is 426 g/mol. The van der Waals surface area contributed by atoms with Gasteiger partial charge < -0.3 is 5.32 Å². The largest absolute Gasteiger partial charge is 0.346 e. The first-order valence-corrected chi connectivity index (χ1v) is 11.4. The van der Waals surface area contributed by atoms with Crippen LogP contribution in [-0.2, 0) is 39.6 Å². The zero-order chi connectivity index (χ0) is 22.8. The van der Waals surface area contributed by atoms with Crippen LogP contribution in [0, 0.1) is 12.8 Å². The van der Waals surface area contributed by atoms with E-state index in [9.17, 15) is 4.79 Å². The predicted molar refractivity (Wildman–Crippen MR) is 123 cm³/mol. The molecule has 0 spiro atoms. The number of hydrogen-bond acceptors (Lipinski definition) is 5. The molecule has 1 aliphatic rings. The summed E-state index contributed by atoms with van der Waals surface area (Å²) < 4.78 is 3.73. The molecule has 8 nitrogen and oxygen atoms in total. The van der Waals surface area contributed by atoms with Crippen LogP contribution in [0.4, 0.5) is 0 Å². The molecule has 4 rings (SSSR count). The number of aromatic nitrogens is 5. The van der Waals surface area contributed by atoms with Gasteiger partial charge in [-0.3, -0.25) is 24.0 Å². The molecule has 0 bridgehead atoms. The molecule has 9 heteroatoms. The Morgan fingerprint density at radius 2 is 2.12 bits per heavy atom. The zero-order valence-corrected chi connectivity index (χ0v) is 19.9. The Bertz CT molecular complexity index is 1100. The maximum Gasteiger partial charge on any atom is 0.272 e. The molecule has 0 saturated carbocycles. The van der Waals surface area contributed by atoms with E-state index in [1.54, 1.807) is 17.1 Å². The molecular formula is C23H30ClN7O. The van der Waals surface area contributed by atoms with Crippen molar-refractivity contribution in [3.63, 3.8) is 0 Å². The van der Waals surface area contributed by atoms with E-state index in [1.807, 2.05) is 30.8 Å². The van der Waals surface area contributed by atoms with E-state index in [-0.39, 0.29) is 5.91 Å². The Labute approximate surface area is 193 Å². The molecule has 0 aliphatic carbocycles. The van der Waals surface area contributed by atoms with Crippen molar-refractivity contribution in [1.82, 2.24) is 34.8 Å². The number of nitrogens with zero attached hydrogens (tertiary/aromatic N) is 6. The van der Waals surface area contributed by atoms with Gasteiger partial charge in [-0.15, -0.1) is 0 Å². The van der Waals surface area contributed by atoms with E-state index in [1.165, 1.54) is 0 Å². The molecule has 3 aromatic rings. The minimum Gasteiger partial charge on any atom is -0.346 e. The minimum atomic E-state index is -0.148. The number of nitrogens with one attached hydrogen (secondary N) is 1. The summed E-state index contributed by atoms with van der Waals surface area (Å²) in [6, 6.07) is 3.81. The van der Waals surface area contributed by atoms with Crippen LogP contribution in [0.2, 0.25) is 5.15 Å². The van der Waals surface area contributed by atoms with Crippen LogP contribution < -0.4 is 5.32 Å². The van der Waals surface area contributed by atoms with E-state index in [0.29, 0.717) is 36.4 Å². The zero-order valence-electron chi connectivity index (χ0n) is 19.1. The van der Waals surface area contributed by atoms with Crippen LogP contribution in [0.3, 0.4) is 0 Å². The fourth-order valence-electron chi connectivity index (χ4n) is 4.21. The molecule has 0 radical (unpaired) electrons. The third-order valence-electron chi connectivity index (χ3n) is 5.79. The Balaban J connectivity index is 1.57. The van der Waals surface area contributed by atoms with Crippen molar-refractivity contribution in [2.24, 2.45) is 13.0 Å². The van der Waals surface area contributed by atoms with Gasteiger partial charge in [0, 0.05) is 75.4 Å².